The van der Waals surface area contributed by atoms with Crippen LogP contribution in [0.2, 0.25) is 0 Å². The number of carbonyl (C=O) groups excluding carboxylic acids is 2. The molecule has 2 aromatic carbocycles. The van der Waals surface area contributed by atoms with Gasteiger partial charge in [0.15, 0.2) is 0 Å². The molecule has 0 spiro atoms. The molecule has 2 aromatic rings. The normalized spacial score (nSPS) is 12.7. The first-order valence-electron chi connectivity index (χ1n) is 12.2. The van der Waals surface area contributed by atoms with Crippen molar-refractivity contribution in [3.05, 3.63) is 65.7 Å². The third-order valence-electron chi connectivity index (χ3n) is 5.12. The van der Waals surface area contributed by atoms with Crippen molar-refractivity contribution in [3.8, 4) is 0 Å². The maximum atomic E-state index is 13.0. The van der Waals surface area contributed by atoms with Crippen LogP contribution in [-0.2, 0) is 26.4 Å². The molecule has 0 N–H and O–H groups in total. The number of ether oxygens (including phenoxy) is 2. The van der Waals surface area contributed by atoms with Gasteiger partial charge in [-0.1, -0.05) is 42.5 Å². The largest absolute Gasteiger partial charge is 0.460 e. The average molecular weight is 500 g/mol. The molecule has 192 valence electrons. The zero-order chi connectivity index (χ0) is 26.1. The summed E-state index contributed by atoms with van der Waals surface area (Å²) < 4.78 is 11.2. The molecule has 0 heterocycles. The smallest absolute Gasteiger partial charge is 0.410 e. The molecule has 0 aliphatic carbocycles. The number of carbonyl (C=O) groups is 2. The van der Waals surface area contributed by atoms with E-state index in [4.69, 9.17) is 9.47 Å². The van der Waals surface area contributed by atoms with Crippen molar-refractivity contribution >= 4 is 23.8 Å². The van der Waals surface area contributed by atoms with Crippen LogP contribution in [0.1, 0.15) is 65.5 Å². The summed E-state index contributed by atoms with van der Waals surface area (Å²) in [5, 5.41) is 0. The molecule has 1 atom stereocenters. The third-order valence-corrected chi connectivity index (χ3v) is 6.19. The van der Waals surface area contributed by atoms with E-state index in [-0.39, 0.29) is 18.0 Å². The summed E-state index contributed by atoms with van der Waals surface area (Å²) in [6.45, 7) is 11.7. The van der Waals surface area contributed by atoms with Gasteiger partial charge in [0, 0.05) is 24.2 Å². The summed E-state index contributed by atoms with van der Waals surface area (Å²) in [4.78, 5) is 28.0. The molecule has 1 amide bonds. The molecule has 1 unspecified atom stereocenters. The fraction of sp³-hybridized carbons (Fsp3) is 0.517. The Morgan fingerprint density at radius 2 is 1.51 bits per heavy atom. The van der Waals surface area contributed by atoms with E-state index in [1.165, 1.54) is 10.5 Å². The maximum absolute atomic E-state index is 13.0. The minimum absolute atomic E-state index is 0.195. The lowest BCUT2D eigenvalue weighted by atomic mass is 9.94. The highest BCUT2D eigenvalue weighted by Crippen LogP contribution is 2.26. The van der Waals surface area contributed by atoms with E-state index in [9.17, 15) is 9.59 Å². The zero-order valence-corrected chi connectivity index (χ0v) is 23.1. The van der Waals surface area contributed by atoms with Crippen LogP contribution >= 0.6 is 11.8 Å². The van der Waals surface area contributed by atoms with Crippen LogP contribution in [0, 0.1) is 5.92 Å². The number of benzene rings is 2. The lowest BCUT2D eigenvalue weighted by Gasteiger charge is -2.26. The van der Waals surface area contributed by atoms with Gasteiger partial charge in [-0.2, -0.15) is 0 Å². The lowest BCUT2D eigenvalue weighted by Crippen LogP contribution is -2.35. The predicted molar refractivity (Wildman–Crippen MR) is 144 cm³/mol. The Bertz CT molecular complexity index is 947. The summed E-state index contributed by atoms with van der Waals surface area (Å²) in [7, 11) is 1.73. The second kappa shape index (κ2) is 13.0. The van der Waals surface area contributed by atoms with Crippen LogP contribution < -0.4 is 0 Å². The first kappa shape index (κ1) is 28.8. The molecule has 6 heteroatoms. The highest BCUT2D eigenvalue weighted by atomic mass is 32.2. The van der Waals surface area contributed by atoms with Crippen LogP contribution in [0.15, 0.2) is 59.5 Å². The third kappa shape index (κ3) is 11.7. The fourth-order valence-electron chi connectivity index (χ4n) is 3.48. The van der Waals surface area contributed by atoms with Crippen molar-refractivity contribution in [1.29, 1.82) is 0 Å². The number of nitrogens with zero attached hydrogens (tertiary/aromatic N) is 1. The van der Waals surface area contributed by atoms with Gasteiger partial charge in [0.1, 0.15) is 11.2 Å². The van der Waals surface area contributed by atoms with Crippen LogP contribution in [-0.4, -0.2) is 41.8 Å². The number of esters is 1. The minimum atomic E-state index is -0.546. The highest BCUT2D eigenvalue weighted by molar-refractivity contribution is 7.98. The first-order chi connectivity index (χ1) is 16.3. The van der Waals surface area contributed by atoms with Gasteiger partial charge in [0.2, 0.25) is 0 Å². The molecule has 0 fully saturated rings. The quantitative estimate of drug-likeness (QED) is 0.257. The van der Waals surface area contributed by atoms with Crippen molar-refractivity contribution < 1.29 is 19.1 Å². The molecule has 0 aliphatic rings. The molecule has 2 rings (SSSR count). The summed E-state index contributed by atoms with van der Waals surface area (Å²) in [6, 6.07) is 18.8. The van der Waals surface area contributed by atoms with E-state index in [1.54, 1.807) is 23.7 Å². The molecule has 0 aromatic heterocycles. The van der Waals surface area contributed by atoms with Gasteiger partial charge in [0.25, 0.3) is 0 Å². The van der Waals surface area contributed by atoms with E-state index in [0.717, 1.165) is 11.3 Å². The van der Waals surface area contributed by atoms with E-state index in [1.807, 2.05) is 53.7 Å². The number of hydrogen-bond acceptors (Lipinski definition) is 5. The van der Waals surface area contributed by atoms with Crippen molar-refractivity contribution in [2.75, 3.05) is 13.6 Å². The molecule has 0 saturated carbocycles. The van der Waals surface area contributed by atoms with E-state index in [0.29, 0.717) is 25.8 Å². The molecular weight excluding hydrogens is 458 g/mol. The molecule has 35 heavy (non-hydrogen) atoms. The molecule has 0 aliphatic heterocycles. The Hall–Kier alpha value is -2.47. The monoisotopic (exact) mass is 499 g/mol. The van der Waals surface area contributed by atoms with Gasteiger partial charge in [-0.05, 0) is 84.1 Å². The highest BCUT2D eigenvalue weighted by Gasteiger charge is 2.26. The molecule has 0 saturated heterocycles. The average Bonchev–Trinajstić information content (AvgIpc) is 2.75. The number of amides is 1. The standard InChI is InChI=1S/C29H41NO4S/c1-28(2,3)33-26(31)24(16-12-18-30(7)27(32)34-29(4,5)6)19-23-15-11-17-25(20-23)35-21-22-13-9-8-10-14-22/h8-11,13-15,17,20,24H,12,16,18-19,21H2,1-7H3. The zero-order valence-electron chi connectivity index (χ0n) is 22.3. The van der Waals surface area contributed by atoms with E-state index >= 15 is 0 Å². The van der Waals surface area contributed by atoms with Gasteiger partial charge in [-0.25, -0.2) is 4.79 Å². The van der Waals surface area contributed by atoms with Crippen molar-refractivity contribution in [1.82, 2.24) is 4.90 Å². The Morgan fingerprint density at radius 1 is 0.886 bits per heavy atom. The Kier molecular flexibility index (Phi) is 10.7. The van der Waals surface area contributed by atoms with Gasteiger partial charge in [-0.15, -0.1) is 11.8 Å². The van der Waals surface area contributed by atoms with Crippen LogP contribution in [0.3, 0.4) is 0 Å². The van der Waals surface area contributed by atoms with Gasteiger partial charge in [-0.3, -0.25) is 4.79 Å². The number of rotatable bonds is 10. The van der Waals surface area contributed by atoms with Gasteiger partial charge in [0.05, 0.1) is 5.92 Å². The minimum Gasteiger partial charge on any atom is -0.460 e. The molecule has 0 bridgehead atoms. The fourth-order valence-corrected chi connectivity index (χ4v) is 4.42. The summed E-state index contributed by atoms with van der Waals surface area (Å²) in [5.41, 5.74) is 1.31. The first-order valence-corrected chi connectivity index (χ1v) is 13.2. The van der Waals surface area contributed by atoms with Crippen molar-refractivity contribution in [2.24, 2.45) is 5.92 Å². The number of hydrogen-bond donors (Lipinski definition) is 0. The number of thioether (sulfide) groups is 1. The Balaban J connectivity index is 2.02. The van der Waals surface area contributed by atoms with Crippen LogP contribution in [0.5, 0.6) is 0 Å². The summed E-state index contributed by atoms with van der Waals surface area (Å²) in [6.07, 6.45) is 1.56. The maximum Gasteiger partial charge on any atom is 0.410 e. The van der Waals surface area contributed by atoms with Crippen molar-refractivity contribution in [3.63, 3.8) is 0 Å². The van der Waals surface area contributed by atoms with Crippen LogP contribution in [0.25, 0.3) is 0 Å². The SMILES string of the molecule is CN(CCCC(Cc1cccc(SCc2ccccc2)c1)C(=O)OC(C)(C)C)C(=O)OC(C)(C)C. The Morgan fingerprint density at radius 3 is 2.14 bits per heavy atom. The summed E-state index contributed by atoms with van der Waals surface area (Å²) in [5.74, 6) is 0.423. The second-order valence-corrected chi connectivity index (χ2v) is 11.9. The Labute approximate surface area is 215 Å². The van der Waals surface area contributed by atoms with Crippen LogP contribution in [0.4, 0.5) is 4.79 Å². The van der Waals surface area contributed by atoms with Gasteiger partial charge < -0.3 is 14.4 Å². The summed E-state index contributed by atoms with van der Waals surface area (Å²) >= 11 is 1.79. The van der Waals surface area contributed by atoms with E-state index < -0.39 is 11.2 Å². The van der Waals surface area contributed by atoms with Crippen molar-refractivity contribution in [2.45, 2.75) is 82.7 Å². The van der Waals surface area contributed by atoms with Gasteiger partial charge >= 0.3 is 12.1 Å². The molecule has 5 nitrogen and oxygen atoms in total. The second-order valence-electron chi connectivity index (χ2n) is 10.9. The predicted octanol–water partition coefficient (Wildman–Crippen LogP) is 7.13. The molecular formula is C29H41NO4S. The van der Waals surface area contributed by atoms with E-state index in [2.05, 4.69) is 42.5 Å². The topological polar surface area (TPSA) is 55.8 Å². The molecule has 0 radical (unpaired) electrons. The lowest BCUT2D eigenvalue weighted by molar-refractivity contribution is -0.160.